The van der Waals surface area contributed by atoms with Crippen molar-refractivity contribution in [1.29, 1.82) is 0 Å². The summed E-state index contributed by atoms with van der Waals surface area (Å²) in [6, 6.07) is 4.42. The van der Waals surface area contributed by atoms with Gasteiger partial charge in [0.25, 0.3) is 0 Å². The molecule has 116 valence electrons. The second-order valence-corrected chi connectivity index (χ2v) is 7.18. The van der Waals surface area contributed by atoms with Crippen molar-refractivity contribution in [1.82, 2.24) is 5.32 Å². The molecule has 1 aromatic carbocycles. The van der Waals surface area contributed by atoms with Crippen molar-refractivity contribution in [3.63, 3.8) is 0 Å². The number of allylic oxidation sites excluding steroid dienone is 2. The molecule has 0 spiro atoms. The molecule has 1 N–H and O–H groups in total. The third kappa shape index (κ3) is 2.56. The van der Waals surface area contributed by atoms with Crippen LogP contribution < -0.4 is 5.32 Å². The van der Waals surface area contributed by atoms with Crippen molar-refractivity contribution < 1.29 is 14.0 Å². The van der Waals surface area contributed by atoms with Gasteiger partial charge in [0.2, 0.25) is 5.91 Å². The maximum atomic E-state index is 14.2. The summed E-state index contributed by atoms with van der Waals surface area (Å²) >= 11 is 6.14. The summed E-state index contributed by atoms with van der Waals surface area (Å²) in [4.78, 5) is 24.6. The fourth-order valence-corrected chi connectivity index (χ4v) is 3.74. The number of ketones is 1. The van der Waals surface area contributed by atoms with Crippen molar-refractivity contribution in [3.8, 4) is 0 Å². The molecule has 1 atom stereocenters. The topological polar surface area (TPSA) is 46.2 Å². The Balaban J connectivity index is 2.16. The van der Waals surface area contributed by atoms with Gasteiger partial charge in [0.1, 0.15) is 5.82 Å². The van der Waals surface area contributed by atoms with Gasteiger partial charge in [0.15, 0.2) is 5.78 Å². The van der Waals surface area contributed by atoms with Crippen LogP contribution in [-0.2, 0) is 9.59 Å². The number of nitrogens with one attached hydrogen (secondary N) is 1. The van der Waals surface area contributed by atoms with Crippen molar-refractivity contribution in [2.45, 2.75) is 39.0 Å². The van der Waals surface area contributed by atoms with Crippen molar-refractivity contribution in [3.05, 3.63) is 45.9 Å². The lowest BCUT2D eigenvalue weighted by atomic mass is 9.70. The van der Waals surface area contributed by atoms with Crippen LogP contribution in [0.2, 0.25) is 5.02 Å². The van der Waals surface area contributed by atoms with E-state index in [2.05, 4.69) is 5.32 Å². The lowest BCUT2D eigenvalue weighted by Crippen LogP contribution is -2.40. The Labute approximate surface area is 133 Å². The Morgan fingerprint density at radius 2 is 2.00 bits per heavy atom. The number of carbonyl (C=O) groups excluding carboxylic acids is 2. The fraction of sp³-hybridized carbons (Fsp3) is 0.412. The molecule has 0 bridgehead atoms. The molecule has 0 saturated carbocycles. The highest BCUT2D eigenvalue weighted by molar-refractivity contribution is 6.31. The highest BCUT2D eigenvalue weighted by atomic mass is 35.5. The summed E-state index contributed by atoms with van der Waals surface area (Å²) in [5, 5.41) is 3.05. The molecule has 2 aliphatic rings. The molecule has 0 saturated heterocycles. The average molecular weight is 322 g/mol. The Morgan fingerprint density at radius 1 is 1.27 bits per heavy atom. The van der Waals surface area contributed by atoms with Gasteiger partial charge in [-0.2, -0.15) is 0 Å². The number of Topliss-reactive ketones (excluding diaryl/α,β-unsaturated/α-hetero) is 1. The first-order valence-electron chi connectivity index (χ1n) is 7.28. The minimum atomic E-state index is -0.596. The molecule has 1 unspecified atom stereocenters. The zero-order chi connectivity index (χ0) is 16.1. The number of hydrogen-bond acceptors (Lipinski definition) is 2. The Kier molecular flexibility index (Phi) is 3.60. The predicted molar refractivity (Wildman–Crippen MR) is 82.0 cm³/mol. The van der Waals surface area contributed by atoms with E-state index in [9.17, 15) is 14.0 Å². The van der Waals surface area contributed by atoms with Crippen molar-refractivity contribution in [2.24, 2.45) is 5.41 Å². The molecule has 0 radical (unpaired) electrons. The third-order valence-electron chi connectivity index (χ3n) is 4.30. The van der Waals surface area contributed by atoms with Gasteiger partial charge in [0, 0.05) is 40.6 Å². The Morgan fingerprint density at radius 3 is 2.68 bits per heavy atom. The van der Waals surface area contributed by atoms with Gasteiger partial charge in [-0.3, -0.25) is 9.59 Å². The molecule has 22 heavy (non-hydrogen) atoms. The van der Waals surface area contributed by atoms with Crippen LogP contribution in [0.1, 0.15) is 44.6 Å². The van der Waals surface area contributed by atoms with E-state index in [1.54, 1.807) is 6.07 Å². The van der Waals surface area contributed by atoms with Crippen LogP contribution in [0.5, 0.6) is 0 Å². The summed E-state index contributed by atoms with van der Waals surface area (Å²) in [6.07, 6.45) is 1.04. The molecular weight excluding hydrogens is 305 g/mol. The number of halogens is 2. The van der Waals surface area contributed by atoms with E-state index >= 15 is 0 Å². The zero-order valence-electron chi connectivity index (χ0n) is 12.5. The molecular formula is C17H17ClFNO2. The highest BCUT2D eigenvalue weighted by Gasteiger charge is 2.41. The van der Waals surface area contributed by atoms with E-state index in [1.165, 1.54) is 12.1 Å². The van der Waals surface area contributed by atoms with Crippen molar-refractivity contribution in [2.75, 3.05) is 0 Å². The van der Waals surface area contributed by atoms with E-state index in [4.69, 9.17) is 11.6 Å². The second-order valence-electron chi connectivity index (χ2n) is 6.77. The van der Waals surface area contributed by atoms with Crippen LogP contribution in [0.15, 0.2) is 29.5 Å². The first-order chi connectivity index (χ1) is 10.3. The summed E-state index contributed by atoms with van der Waals surface area (Å²) in [5.74, 6) is -1.30. The normalized spacial score (nSPS) is 24.1. The Hall–Kier alpha value is -1.68. The summed E-state index contributed by atoms with van der Waals surface area (Å²) in [7, 11) is 0. The molecule has 1 heterocycles. The van der Waals surface area contributed by atoms with Gasteiger partial charge in [-0.25, -0.2) is 4.39 Å². The minimum absolute atomic E-state index is 0.0319. The second kappa shape index (κ2) is 5.20. The largest absolute Gasteiger partial charge is 0.329 e. The first-order valence-corrected chi connectivity index (χ1v) is 7.66. The minimum Gasteiger partial charge on any atom is -0.329 e. The van der Waals surface area contributed by atoms with E-state index in [0.717, 1.165) is 0 Å². The number of rotatable bonds is 1. The molecule has 3 rings (SSSR count). The monoisotopic (exact) mass is 321 g/mol. The maximum absolute atomic E-state index is 14.2. The van der Waals surface area contributed by atoms with E-state index in [1.807, 2.05) is 13.8 Å². The molecule has 1 amide bonds. The quantitative estimate of drug-likeness (QED) is 0.856. The van der Waals surface area contributed by atoms with Crippen LogP contribution in [-0.4, -0.2) is 11.7 Å². The van der Waals surface area contributed by atoms with Crippen LogP contribution >= 0.6 is 11.6 Å². The van der Waals surface area contributed by atoms with Crippen molar-refractivity contribution >= 4 is 23.3 Å². The predicted octanol–water partition coefficient (Wildman–Crippen LogP) is 3.73. The van der Waals surface area contributed by atoms with E-state index < -0.39 is 11.7 Å². The van der Waals surface area contributed by atoms with Gasteiger partial charge in [-0.1, -0.05) is 31.5 Å². The number of hydrogen-bond donors (Lipinski definition) is 1. The summed E-state index contributed by atoms with van der Waals surface area (Å²) in [5.41, 5.74) is 1.19. The molecule has 5 heteroatoms. The molecule has 3 nitrogen and oxygen atoms in total. The Bertz CT molecular complexity index is 688. The van der Waals surface area contributed by atoms with Crippen LogP contribution in [0.25, 0.3) is 0 Å². The summed E-state index contributed by atoms with van der Waals surface area (Å²) < 4.78 is 14.2. The molecule has 1 aliphatic heterocycles. The average Bonchev–Trinajstić information content (AvgIpc) is 2.35. The third-order valence-corrected chi connectivity index (χ3v) is 4.63. The zero-order valence-corrected chi connectivity index (χ0v) is 13.3. The molecule has 0 aromatic heterocycles. The van der Waals surface area contributed by atoms with Gasteiger partial charge < -0.3 is 5.32 Å². The first kappa shape index (κ1) is 15.2. The van der Waals surface area contributed by atoms with Crippen LogP contribution in [0.3, 0.4) is 0 Å². The van der Waals surface area contributed by atoms with Crippen LogP contribution in [0, 0.1) is 11.2 Å². The highest BCUT2D eigenvalue weighted by Crippen LogP contribution is 2.45. The smallest absolute Gasteiger partial charge is 0.225 e. The van der Waals surface area contributed by atoms with Gasteiger partial charge >= 0.3 is 0 Å². The number of amides is 1. The SMILES string of the molecule is CC1(C)CC(=O)C2=C(C1)NC(=O)CC2c1c(F)cccc1Cl. The number of benzene rings is 1. The molecule has 0 fully saturated rings. The lowest BCUT2D eigenvalue weighted by molar-refractivity contribution is -0.122. The van der Waals surface area contributed by atoms with Gasteiger partial charge in [0.05, 0.1) is 0 Å². The number of carbonyl (C=O) groups is 2. The van der Waals surface area contributed by atoms with E-state index in [0.29, 0.717) is 24.1 Å². The van der Waals surface area contributed by atoms with E-state index in [-0.39, 0.29) is 34.1 Å². The fourth-order valence-electron chi connectivity index (χ4n) is 3.45. The standard InChI is InChI=1S/C17H17ClFNO2/c1-17(2)7-12-16(13(21)8-17)9(6-14(22)20-12)15-10(18)4-3-5-11(15)19/h3-5,9H,6-8H2,1-2H3,(H,20,22). The van der Waals surface area contributed by atoms with Gasteiger partial charge in [-0.05, 0) is 24.0 Å². The maximum Gasteiger partial charge on any atom is 0.225 e. The van der Waals surface area contributed by atoms with Crippen LogP contribution in [0.4, 0.5) is 4.39 Å². The molecule has 1 aromatic rings. The lowest BCUT2D eigenvalue weighted by Gasteiger charge is -2.38. The molecule has 1 aliphatic carbocycles. The van der Waals surface area contributed by atoms with Gasteiger partial charge in [-0.15, -0.1) is 0 Å². The summed E-state index contributed by atoms with van der Waals surface area (Å²) in [6.45, 7) is 3.97.